The van der Waals surface area contributed by atoms with E-state index < -0.39 is 17.9 Å². The Morgan fingerprint density at radius 3 is 1.88 bits per heavy atom. The summed E-state index contributed by atoms with van der Waals surface area (Å²) in [5.41, 5.74) is 4.91. The van der Waals surface area contributed by atoms with Gasteiger partial charge in [0, 0.05) is 13.1 Å². The molecule has 0 spiro atoms. The number of aliphatic hydroxyl groups is 2. The van der Waals surface area contributed by atoms with Crippen molar-refractivity contribution in [3.63, 3.8) is 0 Å². The number of aliphatic carboxylic acids is 1. The Morgan fingerprint density at radius 2 is 1.62 bits per heavy atom. The van der Waals surface area contributed by atoms with Gasteiger partial charge in [-0.15, -0.1) is 0 Å². The van der Waals surface area contributed by atoms with Crippen LogP contribution in [-0.4, -0.2) is 94.0 Å². The van der Waals surface area contributed by atoms with Gasteiger partial charge in [0.25, 0.3) is 0 Å². The normalized spacial score (nSPS) is 11.9. The van der Waals surface area contributed by atoms with E-state index in [2.05, 4.69) is 0 Å². The number of carboxylic acids is 1. The van der Waals surface area contributed by atoms with E-state index in [4.69, 9.17) is 21.1 Å². The molecule has 0 aliphatic rings. The van der Waals surface area contributed by atoms with Crippen LogP contribution in [0.5, 0.6) is 0 Å². The quantitative estimate of drug-likeness (QED) is 0.336. The Bertz CT molecular complexity index is 220. The third kappa shape index (κ3) is 7.15. The number of carbonyl (C=O) groups is 2. The predicted molar refractivity (Wildman–Crippen MR) is 58.1 cm³/mol. The van der Waals surface area contributed by atoms with E-state index in [-0.39, 0.29) is 62.3 Å². The van der Waals surface area contributed by atoms with Gasteiger partial charge in [0.1, 0.15) is 6.04 Å². The number of carbonyl (C=O) groups excluding carboxylic acids is 1. The monoisotopic (exact) mass is 244 g/mol. The molecule has 0 fully saturated rings. The van der Waals surface area contributed by atoms with Crippen LogP contribution in [-0.2, 0) is 9.59 Å². The third-order valence-electron chi connectivity index (χ3n) is 1.89. The first kappa shape index (κ1) is 18.2. The summed E-state index contributed by atoms with van der Waals surface area (Å²) >= 11 is 0. The molecule has 1 amide bonds. The summed E-state index contributed by atoms with van der Waals surface area (Å²) in [5.74, 6) is -1.93. The van der Waals surface area contributed by atoms with E-state index in [1.165, 1.54) is 4.90 Å². The van der Waals surface area contributed by atoms with Crippen LogP contribution in [0.2, 0.25) is 0 Å². The van der Waals surface area contributed by atoms with E-state index in [9.17, 15) is 9.59 Å². The van der Waals surface area contributed by atoms with E-state index in [1.54, 1.807) is 0 Å². The summed E-state index contributed by atoms with van der Waals surface area (Å²) in [6.07, 6.45) is -0.338. The molecule has 7 nitrogen and oxygen atoms in total. The molecule has 0 aromatic rings. The van der Waals surface area contributed by atoms with Crippen molar-refractivity contribution >= 4 is 41.4 Å². The number of nitrogens with two attached hydrogens (primary N) is 1. The first-order valence-electron chi connectivity index (χ1n) is 4.49. The fourth-order valence-corrected chi connectivity index (χ4v) is 1.24. The molecule has 90 valence electrons. The van der Waals surface area contributed by atoms with Crippen molar-refractivity contribution in [2.24, 2.45) is 5.73 Å². The molecule has 0 saturated carbocycles. The van der Waals surface area contributed by atoms with Gasteiger partial charge in [-0.1, -0.05) is 0 Å². The van der Waals surface area contributed by atoms with E-state index in [0.717, 1.165) is 0 Å². The molecule has 0 rings (SSSR count). The number of hydrogen-bond acceptors (Lipinski definition) is 5. The Hall–Kier alpha value is -0.180. The summed E-state index contributed by atoms with van der Waals surface area (Å²) in [7, 11) is 0. The zero-order valence-electron chi connectivity index (χ0n) is 8.30. The standard InChI is InChI=1S/C8H16N2O5.Na.H/c9-7(13)5-6(8(14)15)10(1-3-11)2-4-12;;/h6,11-12H,1-5H2,(H2,9,13)(H,14,15);;. The predicted octanol–water partition coefficient (Wildman–Crippen LogP) is -3.05. The third-order valence-corrected chi connectivity index (χ3v) is 1.89. The topological polar surface area (TPSA) is 124 Å². The van der Waals surface area contributed by atoms with Gasteiger partial charge in [0.05, 0.1) is 19.6 Å². The van der Waals surface area contributed by atoms with Crippen molar-refractivity contribution in [2.45, 2.75) is 12.5 Å². The molecule has 1 unspecified atom stereocenters. The Kier molecular flexibility index (Phi) is 11.4. The zero-order valence-corrected chi connectivity index (χ0v) is 8.30. The zero-order chi connectivity index (χ0) is 11.8. The minimum absolute atomic E-state index is 0. The molecule has 0 aromatic heterocycles. The number of carboxylic acid groups (broad SMARTS) is 1. The molecular formula is C8H17N2NaO5. The molecule has 1 atom stereocenters. The Morgan fingerprint density at radius 1 is 1.19 bits per heavy atom. The van der Waals surface area contributed by atoms with Crippen molar-refractivity contribution in [3.8, 4) is 0 Å². The number of aliphatic hydroxyl groups excluding tert-OH is 2. The van der Waals surface area contributed by atoms with Crippen LogP contribution in [0.4, 0.5) is 0 Å². The van der Waals surface area contributed by atoms with E-state index >= 15 is 0 Å². The molecule has 0 aliphatic carbocycles. The maximum atomic E-state index is 10.8. The van der Waals surface area contributed by atoms with Gasteiger partial charge in [0.15, 0.2) is 0 Å². The summed E-state index contributed by atoms with van der Waals surface area (Å²) in [6.45, 7) is -0.347. The van der Waals surface area contributed by atoms with Gasteiger partial charge in [0.2, 0.25) is 5.91 Å². The number of nitrogens with zero attached hydrogens (tertiary/aromatic N) is 1. The van der Waals surface area contributed by atoms with Crippen LogP contribution in [0.25, 0.3) is 0 Å². The number of rotatable bonds is 8. The summed E-state index contributed by atoms with van der Waals surface area (Å²) in [5, 5.41) is 26.2. The molecule has 8 heteroatoms. The molecule has 0 aromatic carbocycles. The van der Waals surface area contributed by atoms with Crippen LogP contribution < -0.4 is 5.73 Å². The average molecular weight is 244 g/mol. The number of primary amides is 1. The van der Waals surface area contributed by atoms with Crippen LogP contribution in [0.3, 0.4) is 0 Å². The summed E-state index contributed by atoms with van der Waals surface area (Å²) in [6, 6.07) is -1.10. The van der Waals surface area contributed by atoms with Crippen LogP contribution in [0.15, 0.2) is 0 Å². The minimum atomic E-state index is -1.20. The summed E-state index contributed by atoms with van der Waals surface area (Å²) in [4.78, 5) is 22.7. The van der Waals surface area contributed by atoms with Crippen LogP contribution >= 0.6 is 0 Å². The Labute approximate surface area is 116 Å². The van der Waals surface area contributed by atoms with Crippen LogP contribution in [0, 0.1) is 0 Å². The molecule has 0 heterocycles. The molecule has 0 radical (unpaired) electrons. The fourth-order valence-electron chi connectivity index (χ4n) is 1.24. The van der Waals surface area contributed by atoms with Gasteiger partial charge in [-0.25, -0.2) is 0 Å². The molecule has 16 heavy (non-hydrogen) atoms. The first-order valence-corrected chi connectivity index (χ1v) is 4.49. The van der Waals surface area contributed by atoms with Crippen LogP contribution in [0.1, 0.15) is 6.42 Å². The van der Waals surface area contributed by atoms with Gasteiger partial charge in [-0.3, -0.25) is 14.5 Å². The maximum absolute atomic E-state index is 10.8. The average Bonchev–Trinajstić information content (AvgIpc) is 2.13. The van der Waals surface area contributed by atoms with Crippen molar-refractivity contribution in [1.29, 1.82) is 0 Å². The molecule has 0 saturated heterocycles. The summed E-state index contributed by atoms with van der Waals surface area (Å²) < 4.78 is 0. The number of hydrogen-bond donors (Lipinski definition) is 4. The van der Waals surface area contributed by atoms with Crippen molar-refractivity contribution in [3.05, 3.63) is 0 Å². The second kappa shape index (κ2) is 10.0. The molecule has 0 bridgehead atoms. The van der Waals surface area contributed by atoms with Crippen molar-refractivity contribution < 1.29 is 24.9 Å². The molecule has 5 N–H and O–H groups in total. The van der Waals surface area contributed by atoms with E-state index in [1.807, 2.05) is 0 Å². The molecular weight excluding hydrogens is 227 g/mol. The Balaban J connectivity index is 0. The van der Waals surface area contributed by atoms with Gasteiger partial charge in [-0.2, -0.15) is 0 Å². The first-order chi connectivity index (χ1) is 7.02. The SMILES string of the molecule is NC(=O)CC(C(=O)O)N(CCO)CCO.[NaH]. The van der Waals surface area contributed by atoms with Crippen molar-refractivity contribution in [1.82, 2.24) is 4.90 Å². The van der Waals surface area contributed by atoms with Gasteiger partial charge < -0.3 is 21.1 Å². The van der Waals surface area contributed by atoms with Gasteiger partial charge in [-0.05, 0) is 0 Å². The van der Waals surface area contributed by atoms with Crippen molar-refractivity contribution in [2.75, 3.05) is 26.3 Å². The number of amides is 1. The molecule has 0 aliphatic heterocycles. The van der Waals surface area contributed by atoms with E-state index in [0.29, 0.717) is 0 Å². The van der Waals surface area contributed by atoms with Gasteiger partial charge >= 0.3 is 35.5 Å². The second-order valence-corrected chi connectivity index (χ2v) is 3.01. The fraction of sp³-hybridized carbons (Fsp3) is 0.750. The second-order valence-electron chi connectivity index (χ2n) is 3.01.